The molecule has 0 spiro atoms. The van der Waals surface area contributed by atoms with Crippen LogP contribution in [0, 0.1) is 5.92 Å². The van der Waals surface area contributed by atoms with Crippen molar-refractivity contribution in [3.05, 3.63) is 24.3 Å². The summed E-state index contributed by atoms with van der Waals surface area (Å²) in [5.41, 5.74) is 1.44. The summed E-state index contributed by atoms with van der Waals surface area (Å²) in [6, 6.07) is 7.86. The molecule has 2 amide bonds. The zero-order chi connectivity index (χ0) is 25.6. The van der Waals surface area contributed by atoms with Crippen LogP contribution in [0.25, 0.3) is 0 Å². The summed E-state index contributed by atoms with van der Waals surface area (Å²) >= 11 is 0. The largest absolute Gasteiger partial charge is 0.444 e. The van der Waals surface area contributed by atoms with E-state index >= 15 is 0 Å². The van der Waals surface area contributed by atoms with Gasteiger partial charge in [0.25, 0.3) is 0 Å². The van der Waals surface area contributed by atoms with Gasteiger partial charge in [0.05, 0.1) is 19.3 Å². The van der Waals surface area contributed by atoms with Gasteiger partial charge in [0, 0.05) is 43.6 Å². The van der Waals surface area contributed by atoms with Gasteiger partial charge in [-0.25, -0.2) is 4.79 Å². The monoisotopic (exact) mass is 488 g/mol. The lowest BCUT2D eigenvalue weighted by atomic mass is 9.95. The fourth-order valence-electron chi connectivity index (χ4n) is 4.68. The van der Waals surface area contributed by atoms with Crippen molar-refractivity contribution in [3.8, 4) is 0 Å². The summed E-state index contributed by atoms with van der Waals surface area (Å²) in [4.78, 5) is 32.1. The van der Waals surface area contributed by atoms with Gasteiger partial charge in [0.2, 0.25) is 5.91 Å². The SMILES string of the molecule is CC(C)N(C[C@H]1CCCN([C@H](C)C(=O)Nc2ccc(N3CCOCC3)cc2)C1)C(=O)OC(C)(C)C. The van der Waals surface area contributed by atoms with Gasteiger partial charge in [0.1, 0.15) is 5.60 Å². The molecule has 35 heavy (non-hydrogen) atoms. The predicted octanol–water partition coefficient (Wildman–Crippen LogP) is 4.21. The number of nitrogens with one attached hydrogen (secondary N) is 1. The number of hydrogen-bond donors (Lipinski definition) is 1. The highest BCUT2D eigenvalue weighted by molar-refractivity contribution is 5.94. The molecular weight excluding hydrogens is 444 g/mol. The molecule has 8 heteroatoms. The standard InChI is InChI=1S/C27H44N4O4/c1-20(2)31(26(33)35-27(4,5)6)19-22-8-7-13-30(18-22)21(3)25(32)28-23-9-11-24(12-10-23)29-14-16-34-17-15-29/h9-12,20-22H,7-8,13-19H2,1-6H3,(H,28,32)/t21-,22+/m1/s1. The Labute approximate surface area is 210 Å². The zero-order valence-corrected chi connectivity index (χ0v) is 22.4. The number of ether oxygens (including phenoxy) is 2. The third-order valence-electron chi connectivity index (χ3n) is 6.69. The fraction of sp³-hybridized carbons (Fsp3) is 0.704. The van der Waals surface area contributed by atoms with E-state index in [4.69, 9.17) is 9.47 Å². The van der Waals surface area contributed by atoms with Crippen molar-refractivity contribution in [2.45, 2.75) is 72.1 Å². The smallest absolute Gasteiger partial charge is 0.410 e. The first kappa shape index (κ1) is 27.3. The highest BCUT2D eigenvalue weighted by Gasteiger charge is 2.31. The Kier molecular flexibility index (Phi) is 9.41. The number of morpholine rings is 1. The van der Waals surface area contributed by atoms with Gasteiger partial charge in [-0.05, 0) is 91.1 Å². The minimum Gasteiger partial charge on any atom is -0.444 e. The van der Waals surface area contributed by atoms with E-state index in [1.807, 2.05) is 58.6 Å². The third kappa shape index (κ3) is 8.10. The van der Waals surface area contributed by atoms with Crippen LogP contribution in [0.15, 0.2) is 24.3 Å². The molecule has 2 aliphatic rings. The highest BCUT2D eigenvalue weighted by Crippen LogP contribution is 2.23. The Hall–Kier alpha value is -2.32. The number of likely N-dealkylation sites (tertiary alicyclic amines) is 1. The van der Waals surface area contributed by atoms with Crippen molar-refractivity contribution in [1.29, 1.82) is 0 Å². The van der Waals surface area contributed by atoms with E-state index in [-0.39, 0.29) is 24.1 Å². The minimum atomic E-state index is -0.518. The first-order valence-electron chi connectivity index (χ1n) is 13.0. The van der Waals surface area contributed by atoms with Crippen molar-refractivity contribution >= 4 is 23.4 Å². The summed E-state index contributed by atoms with van der Waals surface area (Å²) in [5, 5.41) is 3.08. The quantitative estimate of drug-likeness (QED) is 0.620. The minimum absolute atomic E-state index is 0.00219. The van der Waals surface area contributed by atoms with Gasteiger partial charge in [0.15, 0.2) is 0 Å². The van der Waals surface area contributed by atoms with E-state index in [1.165, 1.54) is 0 Å². The average molecular weight is 489 g/mol. The molecule has 0 bridgehead atoms. The number of benzene rings is 1. The van der Waals surface area contributed by atoms with E-state index in [2.05, 4.69) is 27.2 Å². The number of anilines is 2. The van der Waals surface area contributed by atoms with Crippen LogP contribution in [0.5, 0.6) is 0 Å². The first-order valence-corrected chi connectivity index (χ1v) is 13.0. The van der Waals surface area contributed by atoms with Crippen LogP contribution in [0.1, 0.15) is 54.4 Å². The molecule has 1 aromatic rings. The zero-order valence-electron chi connectivity index (χ0n) is 22.4. The third-order valence-corrected chi connectivity index (χ3v) is 6.69. The summed E-state index contributed by atoms with van der Waals surface area (Å²) < 4.78 is 11.1. The molecule has 8 nitrogen and oxygen atoms in total. The van der Waals surface area contributed by atoms with Crippen LogP contribution < -0.4 is 10.2 Å². The van der Waals surface area contributed by atoms with Crippen molar-refractivity contribution in [1.82, 2.24) is 9.80 Å². The number of carbonyl (C=O) groups is 2. The molecule has 0 aromatic heterocycles. The second kappa shape index (κ2) is 12.1. The molecule has 0 aliphatic carbocycles. The van der Waals surface area contributed by atoms with Crippen molar-refractivity contribution in [3.63, 3.8) is 0 Å². The molecule has 2 aliphatic heterocycles. The Balaban J connectivity index is 1.54. The maximum Gasteiger partial charge on any atom is 0.410 e. The van der Waals surface area contributed by atoms with Gasteiger partial charge in [-0.2, -0.15) is 0 Å². The summed E-state index contributed by atoms with van der Waals surface area (Å²) in [7, 11) is 0. The molecule has 2 atom stereocenters. The Morgan fingerprint density at radius 2 is 1.77 bits per heavy atom. The van der Waals surface area contributed by atoms with E-state index in [9.17, 15) is 9.59 Å². The molecule has 0 unspecified atom stereocenters. The van der Waals surface area contributed by atoms with E-state index in [0.29, 0.717) is 12.5 Å². The number of nitrogens with zero attached hydrogens (tertiary/aromatic N) is 3. The average Bonchev–Trinajstić information content (AvgIpc) is 2.82. The van der Waals surface area contributed by atoms with Crippen LogP contribution in [0.3, 0.4) is 0 Å². The molecule has 0 radical (unpaired) electrons. The second-order valence-electron chi connectivity index (χ2n) is 11.0. The summed E-state index contributed by atoms with van der Waals surface area (Å²) in [6.07, 6.45) is 1.78. The maximum absolute atomic E-state index is 13.0. The van der Waals surface area contributed by atoms with Gasteiger partial charge >= 0.3 is 6.09 Å². The van der Waals surface area contributed by atoms with E-state index in [1.54, 1.807) is 0 Å². The van der Waals surface area contributed by atoms with Crippen molar-refractivity contribution < 1.29 is 19.1 Å². The summed E-state index contributed by atoms with van der Waals surface area (Å²) in [6.45, 7) is 17.3. The van der Waals surface area contributed by atoms with Crippen LogP contribution in [0.2, 0.25) is 0 Å². The van der Waals surface area contributed by atoms with Crippen molar-refractivity contribution in [2.75, 3.05) is 56.2 Å². The van der Waals surface area contributed by atoms with Gasteiger partial charge in [-0.15, -0.1) is 0 Å². The highest BCUT2D eigenvalue weighted by atomic mass is 16.6. The molecule has 2 saturated heterocycles. The Morgan fingerprint density at radius 1 is 1.11 bits per heavy atom. The number of amides is 2. The molecule has 0 saturated carbocycles. The molecule has 3 rings (SSSR count). The molecule has 2 heterocycles. The lowest BCUT2D eigenvalue weighted by molar-refractivity contribution is -0.121. The van der Waals surface area contributed by atoms with Crippen molar-refractivity contribution in [2.24, 2.45) is 5.92 Å². The van der Waals surface area contributed by atoms with E-state index in [0.717, 1.165) is 63.6 Å². The number of rotatable bonds is 7. The maximum atomic E-state index is 13.0. The molecule has 2 fully saturated rings. The number of piperidine rings is 1. The predicted molar refractivity (Wildman–Crippen MR) is 140 cm³/mol. The molecule has 1 aromatic carbocycles. The van der Waals surface area contributed by atoms with Gasteiger partial charge in [-0.1, -0.05) is 0 Å². The normalized spacial score (nSPS) is 20.4. The van der Waals surface area contributed by atoms with Crippen LogP contribution in [0.4, 0.5) is 16.2 Å². The van der Waals surface area contributed by atoms with Gasteiger partial charge in [-0.3, -0.25) is 9.69 Å². The second-order valence-corrected chi connectivity index (χ2v) is 11.0. The number of hydrogen-bond acceptors (Lipinski definition) is 6. The summed E-state index contributed by atoms with van der Waals surface area (Å²) in [5.74, 6) is 0.305. The molecular formula is C27H44N4O4. The lowest BCUT2D eigenvalue weighted by Gasteiger charge is -2.39. The van der Waals surface area contributed by atoms with E-state index < -0.39 is 5.60 Å². The lowest BCUT2D eigenvalue weighted by Crippen LogP contribution is -2.50. The van der Waals surface area contributed by atoms with Crippen LogP contribution in [-0.2, 0) is 14.3 Å². The molecule has 1 N–H and O–H groups in total. The molecule has 196 valence electrons. The van der Waals surface area contributed by atoms with Crippen LogP contribution in [-0.4, -0.2) is 85.4 Å². The Bertz CT molecular complexity index is 831. The van der Waals surface area contributed by atoms with Crippen LogP contribution >= 0.6 is 0 Å². The Morgan fingerprint density at radius 3 is 2.37 bits per heavy atom. The number of carbonyl (C=O) groups excluding carboxylic acids is 2. The topological polar surface area (TPSA) is 74.4 Å². The first-order chi connectivity index (χ1) is 16.5. The fourth-order valence-corrected chi connectivity index (χ4v) is 4.68. The van der Waals surface area contributed by atoms with Gasteiger partial charge < -0.3 is 24.6 Å².